The molecule has 0 atom stereocenters. The molecule has 0 unspecified atom stereocenters. The van der Waals surface area contributed by atoms with Crippen molar-refractivity contribution in [3.63, 3.8) is 0 Å². The van der Waals surface area contributed by atoms with Gasteiger partial charge in [0.05, 0.1) is 0 Å². The number of rotatable bonds is 3. The fraction of sp³-hybridized carbons (Fsp3) is 0.222. The van der Waals surface area contributed by atoms with Gasteiger partial charge < -0.3 is 0 Å². The highest BCUT2D eigenvalue weighted by Crippen LogP contribution is 2.11. The molecule has 0 heterocycles. The van der Waals surface area contributed by atoms with Gasteiger partial charge >= 0.3 is 0 Å². The minimum atomic E-state index is 0.659. The molecule has 122 valence electrons. The van der Waals surface area contributed by atoms with Gasteiger partial charge in [0.2, 0.25) is 0 Å². The van der Waals surface area contributed by atoms with Crippen molar-refractivity contribution in [1.82, 2.24) is 0 Å². The van der Waals surface area contributed by atoms with Crippen LogP contribution in [-0.4, -0.2) is 21.0 Å². The van der Waals surface area contributed by atoms with Crippen LogP contribution in [0.4, 0.5) is 0 Å². The molecule has 0 saturated carbocycles. The van der Waals surface area contributed by atoms with E-state index >= 15 is 0 Å². The molecular weight excluding hydrogens is 280 g/mol. The maximum atomic E-state index is 6.00. The van der Waals surface area contributed by atoms with Crippen molar-refractivity contribution in [1.29, 1.82) is 0 Å². The molecule has 4 nitrogen and oxygen atoms in total. The topological polar surface area (TPSA) is 80.9 Å². The number of hydrogen-bond acceptors (Lipinski definition) is 4. The molecule has 0 spiro atoms. The van der Waals surface area contributed by atoms with Gasteiger partial charge in [-0.1, -0.05) is 80.6 Å². The Morgan fingerprint density at radius 3 is 1.55 bits per heavy atom. The maximum absolute atomic E-state index is 6.00. The lowest BCUT2D eigenvalue weighted by Gasteiger charge is -2.01. The second-order valence-electron chi connectivity index (χ2n) is 4.54. The van der Waals surface area contributed by atoms with Crippen LogP contribution in [0.25, 0.3) is 0 Å². The first-order chi connectivity index (χ1) is 10.7. The van der Waals surface area contributed by atoms with E-state index in [0.29, 0.717) is 5.92 Å². The molecule has 0 amide bonds. The van der Waals surface area contributed by atoms with Crippen LogP contribution in [0.5, 0.6) is 0 Å². The van der Waals surface area contributed by atoms with Crippen LogP contribution >= 0.6 is 0 Å². The molecule has 0 aliphatic heterocycles. The summed E-state index contributed by atoms with van der Waals surface area (Å²) in [4.78, 5) is 0. The monoisotopic (exact) mass is 306 g/mol. The van der Waals surface area contributed by atoms with Crippen molar-refractivity contribution in [3.05, 3.63) is 84.4 Å². The zero-order valence-electron chi connectivity index (χ0n) is 13.1. The van der Waals surface area contributed by atoms with Crippen LogP contribution in [0.3, 0.4) is 0 Å². The van der Waals surface area contributed by atoms with Gasteiger partial charge in [-0.05, 0) is 23.5 Å². The molecule has 0 aliphatic carbocycles. The summed E-state index contributed by atoms with van der Waals surface area (Å²) >= 11 is 0. The highest BCUT2D eigenvalue weighted by molar-refractivity contribution is 5.17. The molecule has 2 rings (SSSR count). The molecule has 2 aromatic rings. The van der Waals surface area contributed by atoms with Crippen LogP contribution in [0.1, 0.15) is 30.9 Å². The van der Waals surface area contributed by atoms with E-state index < -0.39 is 0 Å². The summed E-state index contributed by atoms with van der Waals surface area (Å²) in [6, 6.07) is 20.8. The molecule has 4 heteroatoms. The average molecular weight is 306 g/mol. The highest BCUT2D eigenvalue weighted by atomic mass is 17.0. The van der Waals surface area contributed by atoms with Gasteiger partial charge in [0.15, 0.2) is 0 Å². The summed E-state index contributed by atoms with van der Waals surface area (Å²) in [5.74, 6) is 0.659. The van der Waals surface area contributed by atoms with E-state index in [1.807, 2.05) is 30.3 Å². The van der Waals surface area contributed by atoms with Crippen LogP contribution < -0.4 is 0 Å². The van der Waals surface area contributed by atoms with Crippen LogP contribution in [0, 0.1) is 0 Å². The van der Waals surface area contributed by atoms with Gasteiger partial charge in [-0.3, -0.25) is 21.0 Å². The molecule has 0 bridgehead atoms. The van der Waals surface area contributed by atoms with E-state index in [0.717, 1.165) is 6.42 Å². The lowest BCUT2D eigenvalue weighted by Crippen LogP contribution is -1.83. The lowest BCUT2D eigenvalue weighted by molar-refractivity contribution is -0.176. The Morgan fingerprint density at radius 2 is 1.23 bits per heavy atom. The predicted molar refractivity (Wildman–Crippen MR) is 91.4 cm³/mol. The lowest BCUT2D eigenvalue weighted by atomic mass is 10.0. The van der Waals surface area contributed by atoms with Crippen LogP contribution in [-0.2, 0) is 6.42 Å². The Balaban J connectivity index is 0. The smallest absolute Gasteiger partial charge is 0.0100 e. The maximum Gasteiger partial charge on any atom is -0.0100 e. The molecular formula is C18H26O4. The molecule has 22 heavy (non-hydrogen) atoms. The quantitative estimate of drug-likeness (QED) is 0.354. The van der Waals surface area contributed by atoms with Gasteiger partial charge in [0.1, 0.15) is 0 Å². The molecule has 0 aliphatic rings. The van der Waals surface area contributed by atoms with Gasteiger partial charge in [-0.2, -0.15) is 0 Å². The molecule has 0 radical (unpaired) electrons. The molecule has 0 saturated heterocycles. The number of hydrogen-bond donors (Lipinski definition) is 4. The number of benzene rings is 2. The molecule has 4 N–H and O–H groups in total. The Hall–Kier alpha value is -1.98. The average Bonchev–Trinajstić information content (AvgIpc) is 2.61. The third-order valence-electron chi connectivity index (χ3n) is 2.69. The second-order valence-corrected chi connectivity index (χ2v) is 4.54. The summed E-state index contributed by atoms with van der Waals surface area (Å²) in [6.45, 7) is 8.06. The van der Waals surface area contributed by atoms with Crippen molar-refractivity contribution in [2.45, 2.75) is 26.2 Å². The first-order valence-corrected chi connectivity index (χ1v) is 6.83. The standard InChI is InChI=1S/C9H12.C9H10.2H2O2/c1-8(2)9-6-4-3-5-7-9;1-2-6-9-7-4-3-5-8-9;2*1-2/h3-8H,1-2H3;2-5,7-8H,1,6H2;2*1-2H. The van der Waals surface area contributed by atoms with Crippen molar-refractivity contribution in [2.75, 3.05) is 0 Å². The largest absolute Gasteiger partial charge is 0.255 e. The van der Waals surface area contributed by atoms with Crippen molar-refractivity contribution in [2.24, 2.45) is 0 Å². The summed E-state index contributed by atoms with van der Waals surface area (Å²) in [7, 11) is 0. The van der Waals surface area contributed by atoms with E-state index in [4.69, 9.17) is 21.0 Å². The first kappa shape index (κ1) is 22.3. The summed E-state index contributed by atoms with van der Waals surface area (Å²) < 4.78 is 0. The summed E-state index contributed by atoms with van der Waals surface area (Å²) in [6.07, 6.45) is 2.89. The minimum Gasteiger partial charge on any atom is -0.255 e. The van der Waals surface area contributed by atoms with E-state index in [2.05, 4.69) is 56.8 Å². The van der Waals surface area contributed by atoms with Gasteiger partial charge in [-0.15, -0.1) is 6.58 Å². The Bertz CT molecular complexity index is 441. The van der Waals surface area contributed by atoms with Gasteiger partial charge in [-0.25, -0.2) is 0 Å². The van der Waals surface area contributed by atoms with E-state index in [1.54, 1.807) is 0 Å². The Kier molecular flexibility index (Phi) is 17.3. The second kappa shape index (κ2) is 17.1. The Morgan fingerprint density at radius 1 is 0.818 bits per heavy atom. The van der Waals surface area contributed by atoms with E-state index in [1.165, 1.54) is 11.1 Å². The zero-order valence-corrected chi connectivity index (χ0v) is 13.1. The van der Waals surface area contributed by atoms with Crippen molar-refractivity contribution >= 4 is 0 Å². The molecule has 0 fully saturated rings. The fourth-order valence-corrected chi connectivity index (χ4v) is 1.62. The van der Waals surface area contributed by atoms with Crippen molar-refractivity contribution in [3.8, 4) is 0 Å². The van der Waals surface area contributed by atoms with Gasteiger partial charge in [0, 0.05) is 0 Å². The van der Waals surface area contributed by atoms with Crippen molar-refractivity contribution < 1.29 is 21.0 Å². The number of allylic oxidation sites excluding steroid dienone is 1. The van der Waals surface area contributed by atoms with E-state index in [-0.39, 0.29) is 0 Å². The van der Waals surface area contributed by atoms with Gasteiger partial charge in [0.25, 0.3) is 0 Å². The normalized spacial score (nSPS) is 8.32. The SMILES string of the molecule is C=CCc1ccccc1.CC(C)c1ccccc1.OO.OO. The van der Waals surface area contributed by atoms with Crippen LogP contribution in [0.15, 0.2) is 73.3 Å². The fourth-order valence-electron chi connectivity index (χ4n) is 1.62. The Labute approximate surface area is 132 Å². The zero-order chi connectivity index (χ0) is 17.2. The molecule has 0 aromatic heterocycles. The summed E-state index contributed by atoms with van der Waals surface area (Å²) in [5.41, 5.74) is 2.74. The van der Waals surface area contributed by atoms with Crippen LogP contribution in [0.2, 0.25) is 0 Å². The minimum absolute atomic E-state index is 0.659. The van der Waals surface area contributed by atoms with E-state index in [9.17, 15) is 0 Å². The third-order valence-corrected chi connectivity index (χ3v) is 2.69. The third kappa shape index (κ3) is 11.8. The highest BCUT2D eigenvalue weighted by Gasteiger charge is 1.93. The molecule has 2 aromatic carbocycles. The summed E-state index contributed by atoms with van der Waals surface area (Å²) in [5, 5.41) is 24.0. The predicted octanol–water partition coefficient (Wildman–Crippen LogP) is 5.26. The first-order valence-electron chi connectivity index (χ1n) is 6.83.